The largest absolute Gasteiger partial charge is 0.312 e. The topological polar surface area (TPSA) is 24.9 Å². The zero-order valence-corrected chi connectivity index (χ0v) is 7.06. The van der Waals surface area contributed by atoms with Crippen LogP contribution >= 0.6 is 0 Å². The highest BCUT2D eigenvalue weighted by Gasteiger charge is 2.13. The van der Waals surface area contributed by atoms with E-state index in [1.54, 1.807) is 6.07 Å². The van der Waals surface area contributed by atoms with E-state index in [9.17, 15) is 8.78 Å². The Morgan fingerprint density at radius 2 is 2.31 bits per heavy atom. The first kappa shape index (κ1) is 8.56. The Kier molecular flexibility index (Phi) is 2.22. The molecule has 0 aromatic carbocycles. The van der Waals surface area contributed by atoms with Crippen LogP contribution in [-0.4, -0.2) is 11.5 Å². The van der Waals surface area contributed by atoms with Gasteiger partial charge in [0.15, 0.2) is 0 Å². The summed E-state index contributed by atoms with van der Waals surface area (Å²) in [5.74, 6) is 0. The second-order valence-electron chi connectivity index (χ2n) is 3.10. The monoisotopic (exact) mass is 184 g/mol. The summed E-state index contributed by atoms with van der Waals surface area (Å²) in [5.41, 5.74) is 1.87. The van der Waals surface area contributed by atoms with Gasteiger partial charge >= 0.3 is 0 Å². The molecule has 0 fully saturated rings. The maximum absolute atomic E-state index is 12.3. The van der Waals surface area contributed by atoms with Crippen LogP contribution < -0.4 is 5.32 Å². The lowest BCUT2D eigenvalue weighted by Crippen LogP contribution is -2.24. The number of hydrogen-bond donors (Lipinski definition) is 1. The van der Waals surface area contributed by atoms with E-state index in [1.807, 2.05) is 0 Å². The first-order valence-corrected chi connectivity index (χ1v) is 4.24. The fourth-order valence-electron chi connectivity index (χ4n) is 1.48. The number of fused-ring (bicyclic) bond motifs is 1. The number of hydrogen-bond acceptors (Lipinski definition) is 2. The third-order valence-electron chi connectivity index (χ3n) is 2.19. The van der Waals surface area contributed by atoms with Crippen LogP contribution in [0.5, 0.6) is 0 Å². The third kappa shape index (κ3) is 1.67. The number of nitrogens with one attached hydrogen (secondary N) is 1. The number of rotatable bonds is 1. The van der Waals surface area contributed by atoms with Crippen LogP contribution in [0, 0.1) is 0 Å². The highest BCUT2D eigenvalue weighted by molar-refractivity contribution is 5.27. The van der Waals surface area contributed by atoms with Crippen molar-refractivity contribution in [3.8, 4) is 0 Å². The van der Waals surface area contributed by atoms with Crippen molar-refractivity contribution >= 4 is 0 Å². The molecule has 4 heteroatoms. The number of aromatic nitrogens is 1. The lowest BCUT2D eigenvalue weighted by Gasteiger charge is -2.16. The quantitative estimate of drug-likeness (QED) is 0.718. The fraction of sp³-hybridized carbons (Fsp3) is 0.444. The summed E-state index contributed by atoms with van der Waals surface area (Å²) in [5, 5.41) is 3.12. The number of halogens is 2. The van der Waals surface area contributed by atoms with Gasteiger partial charge in [0.25, 0.3) is 6.43 Å². The molecule has 1 aromatic heterocycles. The van der Waals surface area contributed by atoms with Crippen LogP contribution in [-0.2, 0) is 13.0 Å². The molecule has 0 saturated heterocycles. The molecule has 2 rings (SSSR count). The average Bonchev–Trinajstić information content (AvgIpc) is 2.17. The smallest absolute Gasteiger partial charge is 0.265 e. The minimum atomic E-state index is -2.42. The van der Waals surface area contributed by atoms with E-state index in [-0.39, 0.29) is 5.56 Å². The van der Waals surface area contributed by atoms with Crippen molar-refractivity contribution in [2.24, 2.45) is 0 Å². The molecule has 0 saturated carbocycles. The molecule has 0 bridgehead atoms. The van der Waals surface area contributed by atoms with Crippen LogP contribution in [0.4, 0.5) is 8.78 Å². The Bertz CT molecular complexity index is 312. The Hall–Kier alpha value is -1.03. The Balaban J connectivity index is 2.35. The molecule has 1 aliphatic rings. The van der Waals surface area contributed by atoms with Crippen LogP contribution in [0.25, 0.3) is 0 Å². The van der Waals surface area contributed by atoms with Crippen molar-refractivity contribution in [3.05, 3.63) is 29.1 Å². The molecule has 0 amide bonds. The number of alkyl halides is 2. The van der Waals surface area contributed by atoms with Crippen LogP contribution in [0.3, 0.4) is 0 Å². The van der Waals surface area contributed by atoms with Crippen molar-refractivity contribution < 1.29 is 8.78 Å². The summed E-state index contributed by atoms with van der Waals surface area (Å²) in [6, 6.07) is 1.54. The predicted molar refractivity (Wildman–Crippen MR) is 44.6 cm³/mol. The molecule has 70 valence electrons. The van der Waals surface area contributed by atoms with Gasteiger partial charge in [0, 0.05) is 37.0 Å². The van der Waals surface area contributed by atoms with E-state index in [4.69, 9.17) is 0 Å². The Labute approximate surface area is 75.0 Å². The minimum Gasteiger partial charge on any atom is -0.312 e. The van der Waals surface area contributed by atoms with Gasteiger partial charge in [-0.15, -0.1) is 0 Å². The minimum absolute atomic E-state index is 0.0162. The summed E-state index contributed by atoms with van der Waals surface area (Å²) < 4.78 is 24.6. The molecular weight excluding hydrogens is 174 g/mol. The predicted octanol–water partition coefficient (Wildman–Crippen LogP) is 1.66. The SMILES string of the molecule is FC(F)c1cnc2c(c1)CNCC2. The van der Waals surface area contributed by atoms with Crippen LogP contribution in [0.2, 0.25) is 0 Å². The number of nitrogens with zero attached hydrogens (tertiary/aromatic N) is 1. The van der Waals surface area contributed by atoms with Gasteiger partial charge in [0.1, 0.15) is 0 Å². The van der Waals surface area contributed by atoms with E-state index >= 15 is 0 Å². The molecule has 0 spiro atoms. The molecule has 2 nitrogen and oxygen atoms in total. The van der Waals surface area contributed by atoms with E-state index in [2.05, 4.69) is 10.3 Å². The molecule has 0 atom stereocenters. The van der Waals surface area contributed by atoms with Crippen molar-refractivity contribution in [2.75, 3.05) is 6.54 Å². The van der Waals surface area contributed by atoms with E-state index < -0.39 is 6.43 Å². The normalized spacial score (nSPS) is 15.9. The standard InChI is InChI=1S/C9H10F2N2/c10-9(11)7-3-6-4-12-2-1-8(6)13-5-7/h3,5,9,12H,1-2,4H2. The van der Waals surface area contributed by atoms with E-state index in [1.165, 1.54) is 6.20 Å². The van der Waals surface area contributed by atoms with Crippen LogP contribution in [0.15, 0.2) is 12.3 Å². The van der Waals surface area contributed by atoms with Crippen LogP contribution in [0.1, 0.15) is 23.2 Å². The first-order chi connectivity index (χ1) is 6.27. The van der Waals surface area contributed by atoms with Gasteiger partial charge in [-0.2, -0.15) is 0 Å². The van der Waals surface area contributed by atoms with Crippen molar-refractivity contribution in [3.63, 3.8) is 0 Å². The van der Waals surface area contributed by atoms with Gasteiger partial charge in [-0.25, -0.2) is 8.78 Å². The maximum Gasteiger partial charge on any atom is 0.265 e. The second-order valence-corrected chi connectivity index (χ2v) is 3.10. The number of pyridine rings is 1. The lowest BCUT2D eigenvalue weighted by atomic mass is 10.1. The Morgan fingerprint density at radius 1 is 1.46 bits per heavy atom. The zero-order valence-electron chi connectivity index (χ0n) is 7.06. The lowest BCUT2D eigenvalue weighted by molar-refractivity contribution is 0.150. The molecular formula is C9H10F2N2. The van der Waals surface area contributed by atoms with Crippen molar-refractivity contribution in [1.29, 1.82) is 0 Å². The molecule has 0 radical (unpaired) electrons. The maximum atomic E-state index is 12.3. The summed E-state index contributed by atoms with van der Waals surface area (Å²) in [4.78, 5) is 4.02. The first-order valence-electron chi connectivity index (χ1n) is 4.24. The third-order valence-corrected chi connectivity index (χ3v) is 2.19. The molecule has 0 aliphatic carbocycles. The fourth-order valence-corrected chi connectivity index (χ4v) is 1.48. The summed E-state index contributed by atoms with van der Waals surface area (Å²) in [7, 11) is 0. The summed E-state index contributed by atoms with van der Waals surface area (Å²) >= 11 is 0. The molecule has 1 aliphatic heterocycles. The zero-order chi connectivity index (χ0) is 9.26. The van der Waals surface area contributed by atoms with E-state index in [0.29, 0.717) is 6.54 Å². The molecule has 0 unspecified atom stereocenters. The van der Waals surface area contributed by atoms with Crippen molar-refractivity contribution in [1.82, 2.24) is 10.3 Å². The van der Waals surface area contributed by atoms with Gasteiger partial charge < -0.3 is 5.32 Å². The Morgan fingerprint density at radius 3 is 3.08 bits per heavy atom. The van der Waals surface area contributed by atoms with Gasteiger partial charge in [0.2, 0.25) is 0 Å². The highest BCUT2D eigenvalue weighted by Crippen LogP contribution is 2.21. The summed E-state index contributed by atoms with van der Waals surface area (Å²) in [6.07, 6.45) is -0.312. The van der Waals surface area contributed by atoms with Crippen molar-refractivity contribution in [2.45, 2.75) is 19.4 Å². The van der Waals surface area contributed by atoms with Gasteiger partial charge in [-0.05, 0) is 11.6 Å². The summed E-state index contributed by atoms with van der Waals surface area (Å²) in [6.45, 7) is 1.54. The highest BCUT2D eigenvalue weighted by atomic mass is 19.3. The molecule has 13 heavy (non-hydrogen) atoms. The average molecular weight is 184 g/mol. The van der Waals surface area contributed by atoms with Gasteiger partial charge in [-0.3, -0.25) is 4.98 Å². The van der Waals surface area contributed by atoms with Gasteiger partial charge in [-0.1, -0.05) is 0 Å². The second kappa shape index (κ2) is 3.38. The molecule has 1 N–H and O–H groups in total. The van der Waals surface area contributed by atoms with Gasteiger partial charge in [0.05, 0.1) is 0 Å². The molecule has 2 heterocycles. The van der Waals surface area contributed by atoms with E-state index in [0.717, 1.165) is 24.2 Å². The molecule has 1 aromatic rings.